The third-order valence-corrected chi connectivity index (χ3v) is 4.87. The molecule has 0 radical (unpaired) electrons. The molecule has 0 spiro atoms. The molecule has 2 rings (SSSR count). The van der Waals surface area contributed by atoms with Crippen molar-refractivity contribution in [2.24, 2.45) is 5.92 Å². The summed E-state index contributed by atoms with van der Waals surface area (Å²) in [5.74, 6) is 1.80. The molecule has 0 aliphatic carbocycles. The zero-order chi connectivity index (χ0) is 12.5. The van der Waals surface area contributed by atoms with Crippen LogP contribution in [-0.4, -0.2) is 40.1 Å². The second kappa shape index (κ2) is 5.18. The Balaban J connectivity index is 2.33. The molecule has 96 valence electrons. The van der Waals surface area contributed by atoms with Crippen LogP contribution in [0.4, 0.5) is 0 Å². The molecule has 0 aromatic carbocycles. The molecule has 2 heterocycles. The number of nitrogens with zero attached hydrogens (tertiary/aromatic N) is 2. The topological polar surface area (TPSA) is 47.3 Å². The molecule has 4 nitrogen and oxygen atoms in total. The fraction of sp³-hybridized carbons (Fsp3) is 0.727. The van der Waals surface area contributed by atoms with Crippen molar-refractivity contribution in [1.29, 1.82) is 0 Å². The minimum atomic E-state index is -0.869. The van der Waals surface area contributed by atoms with Gasteiger partial charge in [-0.15, -0.1) is 0 Å². The van der Waals surface area contributed by atoms with E-state index in [9.17, 15) is 5.11 Å². The predicted molar refractivity (Wildman–Crippen MR) is 69.5 cm³/mol. The van der Waals surface area contributed by atoms with Crippen molar-refractivity contribution in [2.75, 3.05) is 25.2 Å². The molecular formula is C11H17ClN2O2S. The van der Waals surface area contributed by atoms with Gasteiger partial charge < -0.3 is 9.84 Å². The summed E-state index contributed by atoms with van der Waals surface area (Å²) in [4.78, 5) is 0. The molecule has 0 amide bonds. The van der Waals surface area contributed by atoms with Gasteiger partial charge in [-0.2, -0.15) is 16.9 Å². The van der Waals surface area contributed by atoms with Crippen LogP contribution in [0.1, 0.15) is 12.6 Å². The Morgan fingerprint density at radius 2 is 2.53 bits per heavy atom. The van der Waals surface area contributed by atoms with E-state index in [1.54, 1.807) is 29.8 Å². The molecule has 0 saturated carbocycles. The maximum atomic E-state index is 10.8. The summed E-state index contributed by atoms with van der Waals surface area (Å²) in [6.45, 7) is 3.21. The number of hydrogen-bond acceptors (Lipinski definition) is 4. The van der Waals surface area contributed by atoms with Crippen molar-refractivity contribution < 1.29 is 9.84 Å². The highest BCUT2D eigenvalue weighted by Gasteiger charge is 2.44. The molecule has 1 aliphatic heterocycles. The minimum absolute atomic E-state index is 0.183. The van der Waals surface area contributed by atoms with Crippen LogP contribution < -0.4 is 0 Å². The van der Waals surface area contributed by atoms with Crippen LogP contribution in [-0.2, 0) is 16.9 Å². The predicted octanol–water partition coefficient (Wildman–Crippen LogP) is 1.75. The van der Waals surface area contributed by atoms with Crippen LogP contribution in [0.15, 0.2) is 6.20 Å². The number of halogens is 1. The molecule has 6 heteroatoms. The van der Waals surface area contributed by atoms with E-state index in [0.717, 1.165) is 11.4 Å². The van der Waals surface area contributed by atoms with Crippen molar-refractivity contribution in [3.63, 3.8) is 0 Å². The Morgan fingerprint density at radius 3 is 3.12 bits per heavy atom. The molecule has 1 N–H and O–H groups in total. The SMILES string of the molecule is COCCn1ncc(Cl)c1C1(O)CSCC1C. The van der Waals surface area contributed by atoms with Crippen LogP contribution in [0, 0.1) is 5.92 Å². The van der Waals surface area contributed by atoms with E-state index in [2.05, 4.69) is 5.10 Å². The van der Waals surface area contributed by atoms with E-state index in [0.29, 0.717) is 23.9 Å². The number of rotatable bonds is 4. The lowest BCUT2D eigenvalue weighted by molar-refractivity contribution is 0.0135. The Morgan fingerprint density at radius 1 is 1.76 bits per heavy atom. The maximum absolute atomic E-state index is 10.8. The lowest BCUT2D eigenvalue weighted by Gasteiger charge is -2.28. The smallest absolute Gasteiger partial charge is 0.120 e. The van der Waals surface area contributed by atoms with Crippen LogP contribution in [0.2, 0.25) is 5.02 Å². The Hall–Kier alpha value is -0.230. The van der Waals surface area contributed by atoms with E-state index < -0.39 is 5.60 Å². The van der Waals surface area contributed by atoms with Gasteiger partial charge in [0.05, 0.1) is 30.1 Å². The standard InChI is InChI=1S/C11H17ClN2O2S/c1-8-6-17-7-11(8,15)10-9(12)5-13-14(10)3-4-16-2/h5,8,15H,3-4,6-7H2,1-2H3. The van der Waals surface area contributed by atoms with Gasteiger partial charge in [0.15, 0.2) is 0 Å². The molecule has 17 heavy (non-hydrogen) atoms. The van der Waals surface area contributed by atoms with E-state index in [4.69, 9.17) is 16.3 Å². The van der Waals surface area contributed by atoms with Crippen LogP contribution in [0.5, 0.6) is 0 Å². The number of thioether (sulfide) groups is 1. The summed E-state index contributed by atoms with van der Waals surface area (Å²) in [5, 5.41) is 15.5. The van der Waals surface area contributed by atoms with Gasteiger partial charge in [-0.1, -0.05) is 18.5 Å². The molecular weight excluding hydrogens is 260 g/mol. The van der Waals surface area contributed by atoms with Crippen molar-refractivity contribution in [2.45, 2.75) is 19.1 Å². The molecule has 1 aromatic rings. The zero-order valence-electron chi connectivity index (χ0n) is 10.0. The van der Waals surface area contributed by atoms with E-state index in [1.807, 2.05) is 6.92 Å². The monoisotopic (exact) mass is 276 g/mol. The maximum Gasteiger partial charge on any atom is 0.120 e. The van der Waals surface area contributed by atoms with E-state index in [-0.39, 0.29) is 5.92 Å². The summed E-state index contributed by atoms with van der Waals surface area (Å²) in [5.41, 5.74) is -0.139. The number of hydrogen-bond donors (Lipinski definition) is 1. The van der Waals surface area contributed by atoms with E-state index >= 15 is 0 Å². The van der Waals surface area contributed by atoms with Crippen LogP contribution in [0.3, 0.4) is 0 Å². The summed E-state index contributed by atoms with van der Waals surface area (Å²) in [6, 6.07) is 0. The number of ether oxygens (including phenoxy) is 1. The Kier molecular flexibility index (Phi) is 4.02. The highest BCUT2D eigenvalue weighted by molar-refractivity contribution is 7.99. The first-order chi connectivity index (χ1) is 8.09. The fourth-order valence-electron chi connectivity index (χ4n) is 2.11. The largest absolute Gasteiger partial charge is 0.383 e. The van der Waals surface area contributed by atoms with Crippen LogP contribution in [0.25, 0.3) is 0 Å². The first kappa shape index (κ1) is 13.2. The summed E-state index contributed by atoms with van der Waals surface area (Å²) >= 11 is 7.91. The van der Waals surface area contributed by atoms with Crippen molar-refractivity contribution in [3.05, 3.63) is 16.9 Å². The average Bonchev–Trinajstić information content (AvgIpc) is 2.82. The third-order valence-electron chi connectivity index (χ3n) is 3.22. The first-order valence-electron chi connectivity index (χ1n) is 5.60. The van der Waals surface area contributed by atoms with Crippen LogP contribution >= 0.6 is 23.4 Å². The number of aromatic nitrogens is 2. The quantitative estimate of drug-likeness (QED) is 0.910. The van der Waals surface area contributed by atoms with Gasteiger partial charge in [-0.25, -0.2) is 0 Å². The van der Waals surface area contributed by atoms with E-state index in [1.165, 1.54) is 0 Å². The van der Waals surface area contributed by atoms with Crippen molar-refractivity contribution in [3.8, 4) is 0 Å². The van der Waals surface area contributed by atoms with Gasteiger partial charge in [0.1, 0.15) is 5.60 Å². The molecule has 2 atom stereocenters. The summed E-state index contributed by atoms with van der Waals surface area (Å²) in [7, 11) is 1.65. The Labute approximate surface area is 110 Å². The lowest BCUT2D eigenvalue weighted by Crippen LogP contribution is -2.35. The summed E-state index contributed by atoms with van der Waals surface area (Å²) in [6.07, 6.45) is 1.60. The molecule has 1 aromatic heterocycles. The van der Waals surface area contributed by atoms with Gasteiger partial charge in [0, 0.05) is 18.8 Å². The zero-order valence-corrected chi connectivity index (χ0v) is 11.6. The molecule has 1 aliphatic rings. The second-order valence-electron chi connectivity index (χ2n) is 4.40. The number of methoxy groups -OCH3 is 1. The third kappa shape index (κ3) is 2.34. The second-order valence-corrected chi connectivity index (χ2v) is 5.83. The molecule has 2 unspecified atom stereocenters. The van der Waals surface area contributed by atoms with Gasteiger partial charge in [-0.05, 0) is 5.75 Å². The molecule has 1 saturated heterocycles. The van der Waals surface area contributed by atoms with Gasteiger partial charge in [0.25, 0.3) is 0 Å². The number of aliphatic hydroxyl groups is 1. The van der Waals surface area contributed by atoms with Crippen molar-refractivity contribution in [1.82, 2.24) is 9.78 Å². The normalized spacial score (nSPS) is 28.8. The molecule has 1 fully saturated rings. The molecule has 0 bridgehead atoms. The minimum Gasteiger partial charge on any atom is -0.383 e. The average molecular weight is 277 g/mol. The van der Waals surface area contributed by atoms with Gasteiger partial charge in [-0.3, -0.25) is 4.68 Å². The van der Waals surface area contributed by atoms with Gasteiger partial charge in [0.2, 0.25) is 0 Å². The fourth-order valence-corrected chi connectivity index (χ4v) is 3.90. The lowest BCUT2D eigenvalue weighted by atomic mass is 9.89. The summed E-state index contributed by atoms with van der Waals surface area (Å²) < 4.78 is 6.80. The highest BCUT2D eigenvalue weighted by Crippen LogP contribution is 2.43. The Bertz CT molecular complexity index is 399. The first-order valence-corrected chi connectivity index (χ1v) is 7.13. The highest BCUT2D eigenvalue weighted by atomic mass is 35.5. The van der Waals surface area contributed by atoms with Crippen molar-refractivity contribution >= 4 is 23.4 Å². The van der Waals surface area contributed by atoms with Gasteiger partial charge >= 0.3 is 0 Å².